The first-order chi connectivity index (χ1) is 11.7. The number of amidine groups is 1. The van der Waals surface area contributed by atoms with Gasteiger partial charge >= 0.3 is 5.97 Å². The molecule has 2 aromatic rings. The third-order valence-electron chi connectivity index (χ3n) is 4.26. The van der Waals surface area contributed by atoms with Gasteiger partial charge in [-0.1, -0.05) is 24.3 Å². The molecule has 2 aliphatic rings. The zero-order valence-corrected chi connectivity index (χ0v) is 13.3. The standard InChI is InChI=1S/C19H16N2O3/c1-2-24-17(22)10-12-7-8-16-14(9-12)18(23)19-20-15-6-4-3-5-13(15)11-21(16)19/h3-9H,2,10-11H2,1H3. The van der Waals surface area contributed by atoms with Gasteiger partial charge in [0.25, 0.3) is 0 Å². The van der Waals surface area contributed by atoms with Crippen molar-refractivity contribution >= 4 is 29.0 Å². The zero-order valence-electron chi connectivity index (χ0n) is 13.3. The van der Waals surface area contributed by atoms with Gasteiger partial charge in [-0.2, -0.15) is 0 Å². The third kappa shape index (κ3) is 2.29. The second-order valence-electron chi connectivity index (χ2n) is 5.81. The quantitative estimate of drug-likeness (QED) is 0.816. The number of esters is 1. The topological polar surface area (TPSA) is 59.0 Å². The fourth-order valence-electron chi connectivity index (χ4n) is 3.16. The minimum atomic E-state index is -0.287. The van der Waals surface area contributed by atoms with Crippen LogP contribution in [0.5, 0.6) is 0 Å². The summed E-state index contributed by atoms with van der Waals surface area (Å²) in [5.74, 6) is 0.0764. The Morgan fingerprint density at radius 2 is 2.08 bits per heavy atom. The van der Waals surface area contributed by atoms with E-state index in [2.05, 4.69) is 4.99 Å². The van der Waals surface area contributed by atoms with Gasteiger partial charge in [0.2, 0.25) is 5.78 Å². The van der Waals surface area contributed by atoms with Crippen LogP contribution < -0.4 is 4.90 Å². The second-order valence-corrected chi connectivity index (χ2v) is 5.81. The van der Waals surface area contributed by atoms with Crippen LogP contribution in [0.25, 0.3) is 0 Å². The van der Waals surface area contributed by atoms with E-state index in [9.17, 15) is 9.59 Å². The highest BCUT2D eigenvalue weighted by atomic mass is 16.5. The van der Waals surface area contributed by atoms with Crippen LogP contribution in [0.4, 0.5) is 11.4 Å². The Bertz CT molecular complexity index is 886. The van der Waals surface area contributed by atoms with Gasteiger partial charge in [0.15, 0.2) is 5.84 Å². The highest BCUT2D eigenvalue weighted by Crippen LogP contribution is 2.37. The number of hydrogen-bond acceptors (Lipinski definition) is 5. The molecular weight excluding hydrogens is 304 g/mol. The second kappa shape index (κ2) is 5.60. The Kier molecular flexibility index (Phi) is 3.41. The molecule has 0 amide bonds. The summed E-state index contributed by atoms with van der Waals surface area (Å²) in [5.41, 5.74) is 4.16. The minimum absolute atomic E-state index is 0.0924. The number of benzene rings is 2. The summed E-state index contributed by atoms with van der Waals surface area (Å²) in [6, 6.07) is 13.4. The summed E-state index contributed by atoms with van der Waals surface area (Å²) in [6.45, 7) is 2.76. The van der Waals surface area contributed by atoms with Crippen LogP contribution in [0.1, 0.15) is 28.4 Å². The molecule has 0 fully saturated rings. The molecule has 0 N–H and O–H groups in total. The Balaban J connectivity index is 1.69. The van der Waals surface area contributed by atoms with E-state index in [1.807, 2.05) is 41.3 Å². The van der Waals surface area contributed by atoms with Gasteiger partial charge in [0.1, 0.15) is 0 Å². The number of carbonyl (C=O) groups excluding carboxylic acids is 2. The molecule has 0 saturated heterocycles. The Morgan fingerprint density at radius 1 is 1.25 bits per heavy atom. The molecule has 2 aliphatic heterocycles. The van der Waals surface area contributed by atoms with Crippen molar-refractivity contribution in [1.29, 1.82) is 0 Å². The highest BCUT2D eigenvalue weighted by Gasteiger charge is 2.36. The summed E-state index contributed by atoms with van der Waals surface area (Å²) in [5, 5.41) is 0. The monoisotopic (exact) mass is 320 g/mol. The fraction of sp³-hybridized carbons (Fsp3) is 0.211. The lowest BCUT2D eigenvalue weighted by atomic mass is 10.1. The lowest BCUT2D eigenvalue weighted by Crippen LogP contribution is -2.31. The number of hydrogen-bond donors (Lipinski definition) is 0. The van der Waals surface area contributed by atoms with E-state index in [1.54, 1.807) is 13.0 Å². The van der Waals surface area contributed by atoms with Crippen molar-refractivity contribution in [1.82, 2.24) is 0 Å². The van der Waals surface area contributed by atoms with Crippen LogP contribution in [-0.2, 0) is 22.5 Å². The largest absolute Gasteiger partial charge is 0.466 e. The van der Waals surface area contributed by atoms with E-state index in [0.717, 1.165) is 22.5 Å². The zero-order chi connectivity index (χ0) is 16.7. The molecule has 0 aromatic heterocycles. The van der Waals surface area contributed by atoms with Crippen LogP contribution in [0.2, 0.25) is 0 Å². The van der Waals surface area contributed by atoms with Gasteiger partial charge < -0.3 is 9.64 Å². The predicted molar refractivity (Wildman–Crippen MR) is 90.8 cm³/mol. The van der Waals surface area contributed by atoms with E-state index in [-0.39, 0.29) is 18.2 Å². The number of fused-ring (bicyclic) bond motifs is 4. The van der Waals surface area contributed by atoms with E-state index >= 15 is 0 Å². The summed E-state index contributed by atoms with van der Waals surface area (Å²) in [4.78, 5) is 30.8. The van der Waals surface area contributed by atoms with E-state index in [1.165, 1.54) is 0 Å². The minimum Gasteiger partial charge on any atom is -0.466 e. The molecule has 0 atom stereocenters. The number of rotatable bonds is 3. The number of carbonyl (C=O) groups is 2. The number of Topliss-reactive ketones (excluding diaryl/α,β-unsaturated/α-hetero) is 1. The lowest BCUT2D eigenvalue weighted by Gasteiger charge is -2.24. The van der Waals surface area contributed by atoms with Gasteiger partial charge in [-0.3, -0.25) is 9.59 Å². The SMILES string of the molecule is CCOC(=O)Cc1ccc2c(c1)C(=O)C1=Nc3ccccc3CN12. The van der Waals surface area contributed by atoms with Crippen LogP contribution in [0.15, 0.2) is 47.5 Å². The van der Waals surface area contributed by atoms with E-state index < -0.39 is 0 Å². The molecule has 2 aromatic carbocycles. The number of para-hydroxylation sites is 1. The maximum atomic E-state index is 12.7. The first-order valence-corrected chi connectivity index (χ1v) is 7.94. The first kappa shape index (κ1) is 14.6. The van der Waals surface area contributed by atoms with Crippen molar-refractivity contribution in [3.8, 4) is 0 Å². The van der Waals surface area contributed by atoms with Crippen molar-refractivity contribution in [2.45, 2.75) is 19.9 Å². The van der Waals surface area contributed by atoms with Crippen molar-refractivity contribution in [2.24, 2.45) is 4.99 Å². The number of ketones is 1. The summed E-state index contributed by atoms with van der Waals surface area (Å²) < 4.78 is 4.97. The smallest absolute Gasteiger partial charge is 0.310 e. The number of anilines is 1. The van der Waals surface area contributed by atoms with Crippen LogP contribution in [0.3, 0.4) is 0 Å². The van der Waals surface area contributed by atoms with Gasteiger partial charge in [0.05, 0.1) is 30.9 Å². The summed E-state index contributed by atoms with van der Waals surface area (Å²) >= 11 is 0. The number of ether oxygens (including phenoxy) is 1. The Morgan fingerprint density at radius 3 is 2.92 bits per heavy atom. The molecule has 0 saturated carbocycles. The average molecular weight is 320 g/mol. The van der Waals surface area contributed by atoms with Crippen molar-refractivity contribution in [2.75, 3.05) is 11.5 Å². The van der Waals surface area contributed by atoms with E-state index in [4.69, 9.17) is 4.74 Å². The van der Waals surface area contributed by atoms with Gasteiger partial charge in [0, 0.05) is 5.56 Å². The molecule has 0 radical (unpaired) electrons. The Hall–Kier alpha value is -2.95. The molecule has 5 heteroatoms. The van der Waals surface area contributed by atoms with Crippen LogP contribution in [0, 0.1) is 0 Å². The number of nitrogens with zero attached hydrogens (tertiary/aromatic N) is 2. The summed E-state index contributed by atoms with van der Waals surface area (Å²) in [6.07, 6.45) is 0.168. The average Bonchev–Trinajstić information content (AvgIpc) is 2.85. The molecule has 4 rings (SSSR count). The van der Waals surface area contributed by atoms with E-state index in [0.29, 0.717) is 24.6 Å². The molecule has 24 heavy (non-hydrogen) atoms. The summed E-state index contributed by atoms with van der Waals surface area (Å²) in [7, 11) is 0. The van der Waals surface area contributed by atoms with Gasteiger partial charge in [-0.05, 0) is 36.2 Å². The van der Waals surface area contributed by atoms with Gasteiger partial charge in [-0.25, -0.2) is 4.99 Å². The van der Waals surface area contributed by atoms with Crippen molar-refractivity contribution < 1.29 is 14.3 Å². The van der Waals surface area contributed by atoms with Crippen molar-refractivity contribution in [3.63, 3.8) is 0 Å². The molecule has 0 bridgehead atoms. The van der Waals surface area contributed by atoms with Crippen LogP contribution >= 0.6 is 0 Å². The molecule has 0 spiro atoms. The fourth-order valence-corrected chi connectivity index (χ4v) is 3.16. The molecule has 5 nitrogen and oxygen atoms in total. The van der Waals surface area contributed by atoms with Crippen molar-refractivity contribution in [3.05, 3.63) is 59.2 Å². The normalized spacial score (nSPS) is 14.6. The molecule has 2 heterocycles. The Labute approximate surface area is 139 Å². The third-order valence-corrected chi connectivity index (χ3v) is 4.26. The number of aliphatic imine (C=N–C) groups is 1. The lowest BCUT2D eigenvalue weighted by molar-refractivity contribution is -0.142. The maximum absolute atomic E-state index is 12.7. The maximum Gasteiger partial charge on any atom is 0.310 e. The molecule has 0 aliphatic carbocycles. The molecular formula is C19H16N2O3. The van der Waals surface area contributed by atoms with Gasteiger partial charge in [-0.15, -0.1) is 0 Å². The molecule has 0 unspecified atom stereocenters. The first-order valence-electron chi connectivity index (χ1n) is 7.94. The highest BCUT2D eigenvalue weighted by molar-refractivity contribution is 6.55. The molecule has 120 valence electrons. The van der Waals surface area contributed by atoms with Crippen LogP contribution in [-0.4, -0.2) is 24.2 Å². The predicted octanol–water partition coefficient (Wildman–Crippen LogP) is 3.04.